The van der Waals surface area contributed by atoms with Crippen LogP contribution >= 0.6 is 0 Å². The number of aromatic nitrogens is 1. The summed E-state index contributed by atoms with van der Waals surface area (Å²) in [4.78, 5) is 19.2. The largest absolute Gasteiger partial charge is 0.330 e. The zero-order valence-electron chi connectivity index (χ0n) is 13.0. The summed E-state index contributed by atoms with van der Waals surface area (Å²) in [6, 6.07) is 14.1. The van der Waals surface area contributed by atoms with E-state index in [1.807, 2.05) is 35.2 Å². The van der Waals surface area contributed by atoms with E-state index in [9.17, 15) is 4.79 Å². The van der Waals surface area contributed by atoms with E-state index in [0.717, 1.165) is 43.5 Å². The van der Waals surface area contributed by atoms with Crippen molar-refractivity contribution in [3.8, 4) is 0 Å². The lowest BCUT2D eigenvalue weighted by molar-refractivity contribution is 0.0733. The molecule has 1 aromatic heterocycles. The van der Waals surface area contributed by atoms with Gasteiger partial charge in [0.1, 0.15) is 0 Å². The summed E-state index contributed by atoms with van der Waals surface area (Å²) >= 11 is 0. The van der Waals surface area contributed by atoms with Crippen LogP contribution in [0.15, 0.2) is 48.7 Å². The van der Waals surface area contributed by atoms with Crippen molar-refractivity contribution in [3.63, 3.8) is 0 Å². The van der Waals surface area contributed by atoms with Crippen LogP contribution in [0.4, 0.5) is 0 Å². The molecule has 0 saturated carbocycles. The third kappa shape index (κ3) is 3.03. The Hall–Kier alpha value is -2.16. The number of benzene rings is 1. The van der Waals surface area contributed by atoms with Crippen LogP contribution in [0.3, 0.4) is 0 Å². The average molecular weight is 294 g/mol. The van der Waals surface area contributed by atoms with Gasteiger partial charge in [0.15, 0.2) is 0 Å². The first-order valence-corrected chi connectivity index (χ1v) is 8.10. The minimum absolute atomic E-state index is 0.115. The summed E-state index contributed by atoms with van der Waals surface area (Å²) in [7, 11) is 0. The molecule has 3 heteroatoms. The first-order valence-electron chi connectivity index (χ1n) is 8.10. The fraction of sp³-hybridized carbons (Fsp3) is 0.368. The summed E-state index contributed by atoms with van der Waals surface area (Å²) < 4.78 is 0. The topological polar surface area (TPSA) is 33.2 Å². The van der Waals surface area contributed by atoms with Gasteiger partial charge in [-0.1, -0.05) is 31.5 Å². The highest BCUT2D eigenvalue weighted by Crippen LogP contribution is 2.31. The summed E-state index contributed by atoms with van der Waals surface area (Å²) in [5.41, 5.74) is 3.07. The minimum Gasteiger partial charge on any atom is -0.330 e. The van der Waals surface area contributed by atoms with Gasteiger partial charge in [0.2, 0.25) is 0 Å². The Kier molecular flexibility index (Phi) is 4.52. The van der Waals surface area contributed by atoms with E-state index in [2.05, 4.69) is 24.0 Å². The van der Waals surface area contributed by atoms with Gasteiger partial charge in [-0.05, 0) is 49.1 Å². The fourth-order valence-corrected chi connectivity index (χ4v) is 3.16. The Morgan fingerprint density at radius 1 is 1.23 bits per heavy atom. The third-order valence-electron chi connectivity index (χ3n) is 4.28. The molecule has 114 valence electrons. The molecule has 3 nitrogen and oxygen atoms in total. The molecule has 1 aromatic carbocycles. The number of amides is 1. The third-order valence-corrected chi connectivity index (χ3v) is 4.28. The van der Waals surface area contributed by atoms with Crippen LogP contribution in [0.2, 0.25) is 0 Å². The van der Waals surface area contributed by atoms with Gasteiger partial charge >= 0.3 is 0 Å². The summed E-state index contributed by atoms with van der Waals surface area (Å²) in [5.74, 6) is 0.121. The second-order valence-electron chi connectivity index (χ2n) is 5.86. The molecule has 1 fully saturated rings. The van der Waals surface area contributed by atoms with Gasteiger partial charge in [-0.25, -0.2) is 0 Å². The summed E-state index contributed by atoms with van der Waals surface area (Å²) in [6.07, 6.45) is 6.03. The minimum atomic E-state index is 0.115. The van der Waals surface area contributed by atoms with E-state index in [4.69, 9.17) is 0 Å². The van der Waals surface area contributed by atoms with Gasteiger partial charge in [0.05, 0.1) is 11.7 Å². The van der Waals surface area contributed by atoms with E-state index in [0.29, 0.717) is 0 Å². The zero-order valence-corrected chi connectivity index (χ0v) is 13.0. The first-order chi connectivity index (χ1) is 10.8. The number of carbonyl (C=O) groups is 1. The Balaban J connectivity index is 1.78. The van der Waals surface area contributed by atoms with Gasteiger partial charge < -0.3 is 4.90 Å². The molecule has 3 rings (SSSR count). The molecule has 1 amide bonds. The molecule has 1 aliphatic rings. The van der Waals surface area contributed by atoms with Crippen molar-refractivity contribution in [2.45, 2.75) is 38.6 Å². The average Bonchev–Trinajstić information content (AvgIpc) is 3.06. The Morgan fingerprint density at radius 3 is 2.73 bits per heavy atom. The summed E-state index contributed by atoms with van der Waals surface area (Å²) in [6.45, 7) is 2.98. The molecule has 1 atom stereocenters. The number of rotatable bonds is 4. The SMILES string of the molecule is CCCc1ccc(C(=O)N2CCC[C@@H]2c2ccccn2)cc1. The second kappa shape index (κ2) is 6.73. The molecule has 0 spiro atoms. The van der Waals surface area contributed by atoms with Crippen LogP contribution in [-0.2, 0) is 6.42 Å². The van der Waals surface area contributed by atoms with Crippen LogP contribution in [0.25, 0.3) is 0 Å². The fourth-order valence-electron chi connectivity index (χ4n) is 3.16. The van der Waals surface area contributed by atoms with E-state index < -0.39 is 0 Å². The van der Waals surface area contributed by atoms with E-state index in [-0.39, 0.29) is 11.9 Å². The lowest BCUT2D eigenvalue weighted by atomic mass is 10.1. The van der Waals surface area contributed by atoms with Gasteiger partial charge in [-0.15, -0.1) is 0 Å². The van der Waals surface area contributed by atoms with Crippen molar-refractivity contribution in [2.75, 3.05) is 6.54 Å². The Bertz CT molecular complexity index is 622. The molecule has 22 heavy (non-hydrogen) atoms. The van der Waals surface area contributed by atoms with Crippen LogP contribution in [0.1, 0.15) is 53.8 Å². The van der Waals surface area contributed by atoms with Crippen LogP contribution in [-0.4, -0.2) is 22.3 Å². The standard InChI is InChI=1S/C19H22N2O/c1-2-6-15-9-11-16(12-10-15)19(22)21-14-5-8-18(21)17-7-3-4-13-20-17/h3-4,7,9-13,18H,2,5-6,8,14H2,1H3/t18-/m1/s1. The predicted octanol–water partition coefficient (Wildman–Crippen LogP) is 4.01. The van der Waals surface area contributed by atoms with Crippen molar-refractivity contribution in [3.05, 3.63) is 65.5 Å². The highest BCUT2D eigenvalue weighted by atomic mass is 16.2. The molecule has 0 unspecified atom stereocenters. The molecular weight excluding hydrogens is 272 g/mol. The smallest absolute Gasteiger partial charge is 0.254 e. The van der Waals surface area contributed by atoms with Gasteiger partial charge in [0, 0.05) is 18.3 Å². The lowest BCUT2D eigenvalue weighted by Gasteiger charge is -2.24. The van der Waals surface area contributed by atoms with Crippen molar-refractivity contribution < 1.29 is 4.79 Å². The first kappa shape index (κ1) is 14.8. The second-order valence-corrected chi connectivity index (χ2v) is 5.86. The number of pyridine rings is 1. The molecule has 1 aliphatic heterocycles. The number of likely N-dealkylation sites (tertiary alicyclic amines) is 1. The molecule has 0 bridgehead atoms. The number of aryl methyl sites for hydroxylation is 1. The van der Waals surface area contributed by atoms with E-state index in [1.54, 1.807) is 6.20 Å². The van der Waals surface area contributed by atoms with Crippen LogP contribution < -0.4 is 0 Å². The van der Waals surface area contributed by atoms with E-state index in [1.165, 1.54) is 5.56 Å². The Labute approximate surface area is 132 Å². The normalized spacial score (nSPS) is 17.7. The maximum Gasteiger partial charge on any atom is 0.254 e. The van der Waals surface area contributed by atoms with Crippen molar-refractivity contribution in [1.29, 1.82) is 0 Å². The number of hydrogen-bond acceptors (Lipinski definition) is 2. The zero-order chi connectivity index (χ0) is 15.4. The molecule has 0 radical (unpaired) electrons. The van der Waals surface area contributed by atoms with Crippen LogP contribution in [0, 0.1) is 0 Å². The molecule has 0 N–H and O–H groups in total. The van der Waals surface area contributed by atoms with Gasteiger partial charge in [0.25, 0.3) is 5.91 Å². The summed E-state index contributed by atoms with van der Waals surface area (Å²) in [5, 5.41) is 0. The highest BCUT2D eigenvalue weighted by molar-refractivity contribution is 5.94. The maximum atomic E-state index is 12.8. The molecular formula is C19H22N2O. The monoisotopic (exact) mass is 294 g/mol. The quantitative estimate of drug-likeness (QED) is 0.853. The van der Waals surface area contributed by atoms with E-state index >= 15 is 0 Å². The number of hydrogen-bond donors (Lipinski definition) is 0. The molecule has 1 saturated heterocycles. The lowest BCUT2D eigenvalue weighted by Crippen LogP contribution is -2.30. The van der Waals surface area contributed by atoms with Gasteiger partial charge in [-0.2, -0.15) is 0 Å². The van der Waals surface area contributed by atoms with Crippen molar-refractivity contribution in [2.24, 2.45) is 0 Å². The van der Waals surface area contributed by atoms with Crippen molar-refractivity contribution >= 4 is 5.91 Å². The molecule has 2 aromatic rings. The molecule has 2 heterocycles. The van der Waals surface area contributed by atoms with Gasteiger partial charge in [-0.3, -0.25) is 9.78 Å². The number of nitrogens with zero attached hydrogens (tertiary/aromatic N) is 2. The van der Waals surface area contributed by atoms with Crippen LogP contribution in [0.5, 0.6) is 0 Å². The number of carbonyl (C=O) groups excluding carboxylic acids is 1. The Morgan fingerprint density at radius 2 is 2.05 bits per heavy atom. The van der Waals surface area contributed by atoms with Crippen molar-refractivity contribution in [1.82, 2.24) is 9.88 Å². The molecule has 0 aliphatic carbocycles. The predicted molar refractivity (Wildman–Crippen MR) is 87.7 cm³/mol. The maximum absolute atomic E-state index is 12.8. The highest BCUT2D eigenvalue weighted by Gasteiger charge is 2.31.